The number of methoxy groups -OCH3 is 1. The molecule has 1 saturated heterocycles. The van der Waals surface area contributed by atoms with E-state index in [2.05, 4.69) is 0 Å². The number of benzene rings is 3. The maximum atomic E-state index is 14.4. The number of ether oxygens (including phenoxy) is 1. The zero-order valence-corrected chi connectivity index (χ0v) is 26.6. The van der Waals surface area contributed by atoms with Gasteiger partial charge in [-0.25, -0.2) is 4.99 Å². The first-order chi connectivity index (χ1) is 21.8. The molecular weight excluding hydrogens is 590 g/mol. The molecule has 2 aliphatic rings. The first-order valence-electron chi connectivity index (χ1n) is 15.2. The number of nitrogens with zero attached hydrogens (tertiary/aromatic N) is 5. The number of rotatable bonds is 8. The third-order valence-corrected chi connectivity index (χ3v) is 9.65. The van der Waals surface area contributed by atoms with E-state index in [0.29, 0.717) is 56.3 Å². The predicted octanol–water partition coefficient (Wildman–Crippen LogP) is 4.77. The lowest BCUT2D eigenvalue weighted by atomic mass is 9.90. The maximum absolute atomic E-state index is 14.4. The first kappa shape index (κ1) is 30.3. The SMILES string of the molecule is CCN(CC)C(=O)C1=C(C)N=c2s/c(=C\c3ccc(N4CCCC4)c([N+](=O)[O-])c3)c(=O)n2[C@H]1c1c(OC)ccc2ccccc12. The number of thiazole rings is 1. The molecule has 1 amide bonds. The summed E-state index contributed by atoms with van der Waals surface area (Å²) in [5, 5.41) is 13.9. The van der Waals surface area contributed by atoms with Crippen LogP contribution < -0.4 is 24.5 Å². The number of amides is 1. The number of carbonyl (C=O) groups excluding carboxylic acids is 1. The Morgan fingerprint density at radius 2 is 1.87 bits per heavy atom. The highest BCUT2D eigenvalue weighted by molar-refractivity contribution is 7.07. The van der Waals surface area contributed by atoms with Crippen LogP contribution in [0, 0.1) is 10.1 Å². The van der Waals surface area contributed by atoms with Crippen molar-refractivity contribution in [3.8, 4) is 5.75 Å². The molecule has 1 aromatic heterocycles. The molecule has 1 fully saturated rings. The molecule has 0 saturated carbocycles. The molecule has 45 heavy (non-hydrogen) atoms. The number of hydrogen-bond donors (Lipinski definition) is 0. The van der Waals surface area contributed by atoms with E-state index < -0.39 is 6.04 Å². The number of fused-ring (bicyclic) bond motifs is 2. The van der Waals surface area contributed by atoms with Gasteiger partial charge in [0.25, 0.3) is 17.2 Å². The van der Waals surface area contributed by atoms with Gasteiger partial charge in [-0.05, 0) is 68.2 Å². The van der Waals surface area contributed by atoms with Crippen LogP contribution >= 0.6 is 11.3 Å². The minimum absolute atomic E-state index is 0.0137. The third kappa shape index (κ3) is 5.31. The summed E-state index contributed by atoms with van der Waals surface area (Å²) in [4.78, 5) is 49.2. The number of likely N-dealkylation sites (N-methyl/N-ethyl adjacent to an activating group) is 1. The van der Waals surface area contributed by atoms with Gasteiger partial charge in [-0.3, -0.25) is 24.3 Å². The molecule has 1 atom stereocenters. The molecule has 11 heteroatoms. The van der Waals surface area contributed by atoms with Crippen LogP contribution in [-0.4, -0.2) is 53.6 Å². The van der Waals surface area contributed by atoms with Crippen molar-refractivity contribution >= 4 is 45.5 Å². The topological polar surface area (TPSA) is 110 Å². The van der Waals surface area contributed by atoms with Gasteiger partial charge in [0.05, 0.1) is 27.8 Å². The fourth-order valence-electron chi connectivity index (χ4n) is 6.44. The number of anilines is 1. The zero-order chi connectivity index (χ0) is 31.8. The third-order valence-electron chi connectivity index (χ3n) is 8.67. The second-order valence-electron chi connectivity index (χ2n) is 11.2. The monoisotopic (exact) mass is 625 g/mol. The van der Waals surface area contributed by atoms with E-state index in [-0.39, 0.29) is 22.1 Å². The van der Waals surface area contributed by atoms with Crippen LogP contribution in [0.25, 0.3) is 16.8 Å². The van der Waals surface area contributed by atoms with Crippen LogP contribution in [0.3, 0.4) is 0 Å². The molecule has 3 heterocycles. The highest BCUT2D eigenvalue weighted by atomic mass is 32.1. The molecule has 0 N–H and O–H groups in total. The first-order valence-corrected chi connectivity index (χ1v) is 16.0. The Balaban J connectivity index is 1.59. The Bertz CT molecular complexity index is 2040. The second-order valence-corrected chi connectivity index (χ2v) is 12.2. The Kier molecular flexibility index (Phi) is 8.28. The fourth-order valence-corrected chi connectivity index (χ4v) is 7.48. The summed E-state index contributed by atoms with van der Waals surface area (Å²) < 4.78 is 7.81. The van der Waals surface area contributed by atoms with Crippen molar-refractivity contribution < 1.29 is 14.5 Å². The summed E-state index contributed by atoms with van der Waals surface area (Å²) in [6.07, 6.45) is 3.68. The normalized spacial score (nSPS) is 16.6. The molecule has 4 aromatic rings. The molecule has 0 spiro atoms. The molecule has 0 unspecified atom stereocenters. The quantitative estimate of drug-likeness (QED) is 0.206. The van der Waals surface area contributed by atoms with Gasteiger partial charge in [0.1, 0.15) is 17.5 Å². The summed E-state index contributed by atoms with van der Waals surface area (Å²) in [6.45, 7) is 8.22. The van der Waals surface area contributed by atoms with Crippen molar-refractivity contribution in [3.05, 3.63) is 107 Å². The summed E-state index contributed by atoms with van der Waals surface area (Å²) >= 11 is 1.20. The Morgan fingerprint density at radius 1 is 1.13 bits per heavy atom. The van der Waals surface area contributed by atoms with E-state index in [9.17, 15) is 19.7 Å². The Hall–Kier alpha value is -4.77. The van der Waals surface area contributed by atoms with Crippen molar-refractivity contribution in [1.29, 1.82) is 0 Å². The fraction of sp³-hybridized carbons (Fsp3) is 0.324. The van der Waals surface area contributed by atoms with E-state index in [1.807, 2.05) is 61.2 Å². The number of hydrogen-bond acceptors (Lipinski definition) is 8. The summed E-state index contributed by atoms with van der Waals surface area (Å²) in [5.41, 5.74) is 2.47. The molecule has 232 valence electrons. The maximum Gasteiger partial charge on any atom is 0.293 e. The van der Waals surface area contributed by atoms with Gasteiger partial charge in [0.2, 0.25) is 0 Å². The number of aromatic nitrogens is 1. The van der Waals surface area contributed by atoms with Gasteiger partial charge in [-0.1, -0.05) is 47.7 Å². The highest BCUT2D eigenvalue weighted by Crippen LogP contribution is 2.40. The average Bonchev–Trinajstić information content (AvgIpc) is 3.68. The van der Waals surface area contributed by atoms with Crippen molar-refractivity contribution in [3.63, 3.8) is 0 Å². The van der Waals surface area contributed by atoms with Gasteiger partial charge in [-0.2, -0.15) is 0 Å². The van der Waals surface area contributed by atoms with Crippen LogP contribution in [0.2, 0.25) is 0 Å². The van der Waals surface area contributed by atoms with Gasteiger partial charge in [0, 0.05) is 37.8 Å². The second kappa shape index (κ2) is 12.3. The molecular formula is C34H35N5O5S. The van der Waals surface area contributed by atoms with Crippen molar-refractivity contribution in [2.45, 2.75) is 39.7 Å². The molecule has 6 rings (SSSR count). The number of allylic oxidation sites excluding steroid dienone is 1. The molecule has 0 aliphatic carbocycles. The van der Waals surface area contributed by atoms with Gasteiger partial charge in [0.15, 0.2) is 4.80 Å². The van der Waals surface area contributed by atoms with Crippen LogP contribution in [-0.2, 0) is 4.79 Å². The van der Waals surface area contributed by atoms with Crippen LogP contribution in [0.15, 0.2) is 75.7 Å². The van der Waals surface area contributed by atoms with Crippen molar-refractivity contribution in [2.75, 3.05) is 38.2 Å². The lowest BCUT2D eigenvalue weighted by Crippen LogP contribution is -2.43. The van der Waals surface area contributed by atoms with Crippen LogP contribution in [0.4, 0.5) is 11.4 Å². The van der Waals surface area contributed by atoms with Crippen molar-refractivity contribution in [1.82, 2.24) is 9.47 Å². The van der Waals surface area contributed by atoms with Crippen molar-refractivity contribution in [2.24, 2.45) is 4.99 Å². The summed E-state index contributed by atoms with van der Waals surface area (Å²) in [7, 11) is 1.58. The van der Waals surface area contributed by atoms with E-state index in [0.717, 1.165) is 36.7 Å². The van der Waals surface area contributed by atoms with Gasteiger partial charge in [-0.15, -0.1) is 0 Å². The lowest BCUT2D eigenvalue weighted by molar-refractivity contribution is -0.384. The summed E-state index contributed by atoms with van der Waals surface area (Å²) in [5.74, 6) is 0.365. The molecule has 0 radical (unpaired) electrons. The number of nitro benzene ring substituents is 1. The number of nitro groups is 1. The van der Waals surface area contributed by atoms with E-state index in [4.69, 9.17) is 9.73 Å². The number of carbonyl (C=O) groups is 1. The molecule has 0 bridgehead atoms. The predicted molar refractivity (Wildman–Crippen MR) is 177 cm³/mol. The van der Waals surface area contributed by atoms with E-state index in [1.54, 1.807) is 35.6 Å². The smallest absolute Gasteiger partial charge is 0.293 e. The Labute approximate surface area is 264 Å². The molecule has 10 nitrogen and oxygen atoms in total. The van der Waals surface area contributed by atoms with Gasteiger partial charge < -0.3 is 14.5 Å². The average molecular weight is 626 g/mol. The lowest BCUT2D eigenvalue weighted by Gasteiger charge is -2.30. The van der Waals surface area contributed by atoms with Crippen LogP contribution in [0.1, 0.15) is 50.8 Å². The largest absolute Gasteiger partial charge is 0.496 e. The van der Waals surface area contributed by atoms with E-state index in [1.165, 1.54) is 17.4 Å². The van der Waals surface area contributed by atoms with Crippen LogP contribution in [0.5, 0.6) is 5.75 Å². The molecule has 3 aromatic carbocycles. The summed E-state index contributed by atoms with van der Waals surface area (Å²) in [6, 6.07) is 16.0. The minimum Gasteiger partial charge on any atom is -0.496 e. The van der Waals surface area contributed by atoms with E-state index >= 15 is 0 Å². The van der Waals surface area contributed by atoms with Gasteiger partial charge >= 0.3 is 0 Å². The minimum atomic E-state index is -0.801. The molecule has 2 aliphatic heterocycles. The standard InChI is InChI=1S/C34H35N5O5S/c1-5-36(6-2)33(41)29-21(3)35-34-38(31(29)30-24-12-8-7-11-23(24)14-16-27(30)44-4)32(40)28(45-34)20-22-13-15-25(26(19-22)39(42)43)37-17-9-10-18-37/h7-8,11-16,19-20,31H,5-6,9-10,17-18H2,1-4H3/b28-20-/t31-/m1/s1. The highest BCUT2D eigenvalue weighted by Gasteiger charge is 2.36. The zero-order valence-electron chi connectivity index (χ0n) is 25.8. The Morgan fingerprint density at radius 3 is 2.56 bits per heavy atom.